The number of nitrogens with one attached hydrogen (secondary N) is 1. The van der Waals surface area contributed by atoms with Gasteiger partial charge in [0.2, 0.25) is 5.91 Å². The first-order valence-corrected chi connectivity index (χ1v) is 8.79. The quantitative estimate of drug-likeness (QED) is 0.674. The van der Waals surface area contributed by atoms with Crippen LogP contribution in [0.15, 0.2) is 48.5 Å². The van der Waals surface area contributed by atoms with Gasteiger partial charge in [-0.3, -0.25) is 4.79 Å². The molecule has 0 fully saturated rings. The lowest BCUT2D eigenvalue weighted by atomic mass is 10.0. The van der Waals surface area contributed by atoms with Gasteiger partial charge in [0.05, 0.1) is 0 Å². The Hall–Kier alpha value is -1.84. The van der Waals surface area contributed by atoms with E-state index in [1.54, 1.807) is 0 Å². The second-order valence-corrected chi connectivity index (χ2v) is 6.59. The Bertz CT molecular complexity index is 638. The molecule has 1 atom stereocenters. The van der Waals surface area contributed by atoms with Gasteiger partial charge in [-0.2, -0.15) is 0 Å². The molecule has 1 unspecified atom stereocenters. The second kappa shape index (κ2) is 9.45. The number of carbonyl (C=O) groups is 1. The van der Waals surface area contributed by atoms with Crippen molar-refractivity contribution in [1.82, 2.24) is 5.32 Å². The fraction of sp³-hybridized carbons (Fsp3) is 0.350. The molecule has 0 radical (unpaired) electrons. The molecular weight excluding hydrogens is 320 g/mol. The first-order chi connectivity index (χ1) is 11.6. The summed E-state index contributed by atoms with van der Waals surface area (Å²) in [6.45, 7) is 3.73. The molecule has 2 aromatic rings. The minimum atomic E-state index is -0.212. The number of nitrogens with two attached hydrogens (primary N) is 1. The van der Waals surface area contributed by atoms with Crippen LogP contribution in [0.1, 0.15) is 25.3 Å². The number of hydrogen-bond acceptors (Lipinski definition) is 2. The summed E-state index contributed by atoms with van der Waals surface area (Å²) in [4.78, 5) is 10.9. The normalized spacial score (nSPS) is 12.1. The van der Waals surface area contributed by atoms with E-state index < -0.39 is 0 Å². The van der Waals surface area contributed by atoms with E-state index in [2.05, 4.69) is 29.6 Å². The molecule has 3 N–H and O–H groups in total. The van der Waals surface area contributed by atoms with Crippen LogP contribution in [0.5, 0.6) is 0 Å². The number of halogens is 1. The maximum atomic E-state index is 10.9. The van der Waals surface area contributed by atoms with Crippen molar-refractivity contribution in [2.24, 2.45) is 11.7 Å². The zero-order valence-corrected chi connectivity index (χ0v) is 14.9. The molecule has 0 aromatic heterocycles. The molecule has 0 heterocycles. The van der Waals surface area contributed by atoms with Gasteiger partial charge in [0.1, 0.15) is 0 Å². The number of primary amides is 1. The molecule has 0 aliphatic rings. The van der Waals surface area contributed by atoms with Crippen LogP contribution in [0.3, 0.4) is 0 Å². The predicted octanol–water partition coefficient (Wildman–Crippen LogP) is 4.04. The summed E-state index contributed by atoms with van der Waals surface area (Å²) in [6, 6.07) is 16.5. The molecule has 0 saturated heterocycles. The molecule has 0 aliphatic carbocycles. The molecule has 3 nitrogen and oxygen atoms in total. The maximum Gasteiger partial charge on any atom is 0.220 e. The van der Waals surface area contributed by atoms with E-state index in [9.17, 15) is 4.79 Å². The number of rotatable bonds is 9. The summed E-state index contributed by atoms with van der Waals surface area (Å²) in [5.74, 6) is -0.247. The number of benzene rings is 2. The zero-order valence-electron chi connectivity index (χ0n) is 14.1. The lowest BCUT2D eigenvalue weighted by Crippen LogP contribution is -2.23. The first kappa shape index (κ1) is 18.5. The Kier molecular flexibility index (Phi) is 7.29. The molecule has 1 amide bonds. The van der Waals surface area contributed by atoms with Crippen molar-refractivity contribution in [1.29, 1.82) is 0 Å². The Morgan fingerprint density at radius 3 is 2.21 bits per heavy atom. The van der Waals surface area contributed by atoms with Crippen molar-refractivity contribution in [2.45, 2.75) is 26.2 Å². The van der Waals surface area contributed by atoms with E-state index in [-0.39, 0.29) is 11.8 Å². The predicted molar refractivity (Wildman–Crippen MR) is 101 cm³/mol. The Morgan fingerprint density at radius 1 is 1.04 bits per heavy atom. The van der Waals surface area contributed by atoms with Crippen molar-refractivity contribution in [2.75, 3.05) is 13.1 Å². The van der Waals surface area contributed by atoms with Gasteiger partial charge in [0.25, 0.3) is 0 Å². The van der Waals surface area contributed by atoms with Crippen molar-refractivity contribution < 1.29 is 4.79 Å². The Balaban J connectivity index is 1.70. The van der Waals surface area contributed by atoms with Crippen molar-refractivity contribution in [3.05, 3.63) is 59.1 Å². The van der Waals surface area contributed by atoms with E-state index in [0.717, 1.165) is 37.4 Å². The van der Waals surface area contributed by atoms with E-state index in [1.807, 2.05) is 31.2 Å². The van der Waals surface area contributed by atoms with Gasteiger partial charge in [-0.05, 0) is 61.2 Å². The third kappa shape index (κ3) is 5.99. The standard InChI is InChI=1S/C20H25ClN2O/c1-15(20(22)24)3-2-13-23-14-12-16-4-6-17(7-5-16)18-8-10-19(21)11-9-18/h4-11,15,23H,2-3,12-14H2,1H3,(H2,22,24). The fourth-order valence-electron chi connectivity index (χ4n) is 2.54. The molecule has 2 rings (SSSR count). The molecule has 0 aliphatic heterocycles. The van der Waals surface area contributed by atoms with Crippen LogP contribution in [0.25, 0.3) is 11.1 Å². The summed E-state index contributed by atoms with van der Waals surface area (Å²) in [6.07, 6.45) is 2.81. The van der Waals surface area contributed by atoms with Crippen LogP contribution < -0.4 is 11.1 Å². The second-order valence-electron chi connectivity index (χ2n) is 6.15. The summed E-state index contributed by atoms with van der Waals surface area (Å²) in [5, 5.41) is 4.17. The van der Waals surface area contributed by atoms with Crippen LogP contribution in [-0.2, 0) is 11.2 Å². The SMILES string of the molecule is CC(CCCNCCc1ccc(-c2ccc(Cl)cc2)cc1)C(N)=O. The van der Waals surface area contributed by atoms with E-state index in [1.165, 1.54) is 16.7 Å². The Labute approximate surface area is 149 Å². The van der Waals surface area contributed by atoms with Gasteiger partial charge in [-0.25, -0.2) is 0 Å². The molecular formula is C20H25ClN2O. The third-order valence-corrected chi connectivity index (χ3v) is 4.45. The lowest BCUT2D eigenvalue weighted by molar-refractivity contribution is -0.121. The molecule has 0 spiro atoms. The van der Waals surface area contributed by atoms with Crippen molar-refractivity contribution in [3.8, 4) is 11.1 Å². The highest BCUT2D eigenvalue weighted by Gasteiger charge is 2.07. The average molecular weight is 345 g/mol. The highest BCUT2D eigenvalue weighted by atomic mass is 35.5. The zero-order chi connectivity index (χ0) is 17.4. The molecule has 4 heteroatoms. The van der Waals surface area contributed by atoms with Gasteiger partial charge in [-0.15, -0.1) is 0 Å². The van der Waals surface area contributed by atoms with Gasteiger partial charge in [-0.1, -0.05) is 54.9 Å². The Morgan fingerprint density at radius 2 is 1.62 bits per heavy atom. The highest BCUT2D eigenvalue weighted by molar-refractivity contribution is 6.30. The van der Waals surface area contributed by atoms with Crippen molar-refractivity contribution >= 4 is 17.5 Å². The summed E-state index contributed by atoms with van der Waals surface area (Å²) in [5.41, 5.74) is 8.93. The minimum Gasteiger partial charge on any atom is -0.369 e. The van der Waals surface area contributed by atoms with Crippen LogP contribution in [0.2, 0.25) is 5.02 Å². The van der Waals surface area contributed by atoms with Crippen LogP contribution >= 0.6 is 11.6 Å². The number of carbonyl (C=O) groups excluding carboxylic acids is 1. The van der Waals surface area contributed by atoms with Crippen molar-refractivity contribution in [3.63, 3.8) is 0 Å². The van der Waals surface area contributed by atoms with Crippen LogP contribution in [0, 0.1) is 5.92 Å². The molecule has 2 aromatic carbocycles. The smallest absolute Gasteiger partial charge is 0.220 e. The van der Waals surface area contributed by atoms with Gasteiger partial charge in [0, 0.05) is 10.9 Å². The molecule has 128 valence electrons. The largest absolute Gasteiger partial charge is 0.369 e. The monoisotopic (exact) mass is 344 g/mol. The average Bonchev–Trinajstić information content (AvgIpc) is 2.59. The van der Waals surface area contributed by atoms with E-state index in [0.29, 0.717) is 0 Å². The summed E-state index contributed by atoms with van der Waals surface area (Å²) in [7, 11) is 0. The van der Waals surface area contributed by atoms with Crippen LogP contribution in [-0.4, -0.2) is 19.0 Å². The van der Waals surface area contributed by atoms with E-state index >= 15 is 0 Å². The molecule has 0 bridgehead atoms. The fourth-order valence-corrected chi connectivity index (χ4v) is 2.67. The summed E-state index contributed by atoms with van der Waals surface area (Å²) < 4.78 is 0. The molecule has 0 saturated carbocycles. The first-order valence-electron chi connectivity index (χ1n) is 8.41. The van der Waals surface area contributed by atoms with Crippen LogP contribution in [0.4, 0.5) is 0 Å². The number of amides is 1. The van der Waals surface area contributed by atoms with Gasteiger partial charge in [0.15, 0.2) is 0 Å². The topological polar surface area (TPSA) is 55.1 Å². The highest BCUT2D eigenvalue weighted by Crippen LogP contribution is 2.21. The third-order valence-electron chi connectivity index (χ3n) is 4.20. The van der Waals surface area contributed by atoms with E-state index in [4.69, 9.17) is 17.3 Å². The summed E-state index contributed by atoms with van der Waals surface area (Å²) >= 11 is 5.92. The lowest BCUT2D eigenvalue weighted by Gasteiger charge is -2.08. The maximum absolute atomic E-state index is 10.9. The van der Waals surface area contributed by atoms with Gasteiger partial charge >= 0.3 is 0 Å². The minimum absolute atomic E-state index is 0.0350. The van der Waals surface area contributed by atoms with Gasteiger partial charge < -0.3 is 11.1 Å². The number of hydrogen-bond donors (Lipinski definition) is 2. The molecule has 24 heavy (non-hydrogen) atoms.